The fourth-order valence-electron chi connectivity index (χ4n) is 8.26. The number of hydrogen-bond acceptors (Lipinski definition) is 6. The lowest BCUT2D eigenvalue weighted by Gasteiger charge is -2.45. The molecule has 2 bridgehead atoms. The van der Waals surface area contributed by atoms with Crippen LogP contribution in [0.25, 0.3) is 0 Å². The number of halogens is 1. The van der Waals surface area contributed by atoms with Crippen LogP contribution in [-0.2, 0) is 28.3 Å². The van der Waals surface area contributed by atoms with E-state index in [-0.39, 0.29) is 35.2 Å². The summed E-state index contributed by atoms with van der Waals surface area (Å²) in [5, 5.41) is 11.2. The van der Waals surface area contributed by atoms with Gasteiger partial charge in [-0.3, -0.25) is 4.79 Å². The largest absolute Gasteiger partial charge is 0.490 e. The number of benzene rings is 3. The molecule has 3 aromatic carbocycles. The molecule has 4 aliphatic rings. The first-order valence-electron chi connectivity index (χ1n) is 16.9. The first kappa shape index (κ1) is 32.2. The minimum absolute atomic E-state index is 0.103. The van der Waals surface area contributed by atoms with Gasteiger partial charge in [-0.05, 0) is 110 Å². The molecule has 47 heavy (non-hydrogen) atoms. The van der Waals surface area contributed by atoms with Crippen molar-refractivity contribution in [2.75, 3.05) is 24.6 Å². The normalized spacial score (nSPS) is 30.9. The van der Waals surface area contributed by atoms with Gasteiger partial charge in [-0.1, -0.05) is 67.1 Å². The number of carbonyl (C=O) groups excluding carboxylic acids is 1. The SMILES string of the molecule is CC1C/C=C/[C@H](O)[C@@H]2CC[C@H]2CN2C[C@@]3(CCCc4cc(Cl)ccc43)COc3ccc(cc32)C(=O)NS(=O)(=O)[C@H]1Cc1ccccc1. The van der Waals surface area contributed by atoms with Crippen molar-refractivity contribution >= 4 is 33.2 Å². The maximum atomic E-state index is 13.9. The first-order valence-corrected chi connectivity index (χ1v) is 18.8. The predicted molar refractivity (Wildman–Crippen MR) is 186 cm³/mol. The molecule has 1 fully saturated rings. The number of aliphatic hydroxyl groups is 1. The van der Waals surface area contributed by atoms with Gasteiger partial charge in [0.05, 0.1) is 23.6 Å². The van der Waals surface area contributed by atoms with Crippen LogP contribution in [0.1, 0.15) is 66.1 Å². The number of fused-ring (bicyclic) bond motifs is 4. The summed E-state index contributed by atoms with van der Waals surface area (Å²) in [6.45, 7) is 3.77. The van der Waals surface area contributed by atoms with Gasteiger partial charge in [0.15, 0.2) is 0 Å². The Kier molecular flexibility index (Phi) is 8.87. The van der Waals surface area contributed by atoms with Crippen molar-refractivity contribution in [3.05, 3.63) is 106 Å². The van der Waals surface area contributed by atoms with Gasteiger partial charge in [0, 0.05) is 29.1 Å². The number of aryl methyl sites for hydroxylation is 1. The third-order valence-electron chi connectivity index (χ3n) is 11.1. The molecule has 3 aromatic rings. The van der Waals surface area contributed by atoms with Crippen LogP contribution >= 0.6 is 11.6 Å². The zero-order valence-electron chi connectivity index (χ0n) is 26.8. The molecule has 1 spiro atoms. The highest BCUT2D eigenvalue weighted by Gasteiger charge is 2.44. The minimum Gasteiger partial charge on any atom is -0.490 e. The molecule has 0 saturated heterocycles. The Morgan fingerprint density at radius 3 is 2.70 bits per heavy atom. The second kappa shape index (κ2) is 12.9. The van der Waals surface area contributed by atoms with Crippen LogP contribution in [0.3, 0.4) is 0 Å². The molecule has 9 heteroatoms. The number of nitrogens with zero attached hydrogens (tertiary/aromatic N) is 1. The molecule has 2 aliphatic heterocycles. The summed E-state index contributed by atoms with van der Waals surface area (Å²) in [7, 11) is -4.07. The first-order chi connectivity index (χ1) is 22.6. The monoisotopic (exact) mass is 674 g/mol. The van der Waals surface area contributed by atoms with Gasteiger partial charge in [-0.25, -0.2) is 13.1 Å². The zero-order chi connectivity index (χ0) is 32.8. The number of aliphatic hydroxyl groups excluding tert-OH is 1. The van der Waals surface area contributed by atoms with E-state index in [0.29, 0.717) is 31.9 Å². The number of amides is 1. The summed E-state index contributed by atoms with van der Waals surface area (Å²) in [6.07, 6.45) is 8.78. The standard InChI is InChI=1S/C38H43ClN2O5S/c1-25-7-5-11-34(42)31-15-12-29(31)22-41-23-38(18-6-10-27-20-30(39)14-16-32(27)38)24-46-35-17-13-28(21-33(35)41)37(43)40-47(44,45)36(25)19-26-8-3-2-4-9-26/h2-5,8-9,11,13-14,16-17,20-21,25,29,31,34,36,42H,6-7,10,12,15,18-19,22-24H2,1H3,(H,40,43)/b11-5+/t25?,29-,31+,34-,36-,38-/m0/s1. The maximum absolute atomic E-state index is 13.9. The van der Waals surface area contributed by atoms with Gasteiger partial charge in [0.1, 0.15) is 5.75 Å². The maximum Gasteiger partial charge on any atom is 0.264 e. The number of carbonyl (C=O) groups is 1. The average molecular weight is 675 g/mol. The highest BCUT2D eigenvalue weighted by molar-refractivity contribution is 7.90. The number of sulfonamides is 1. The molecule has 6 atom stereocenters. The van der Waals surface area contributed by atoms with E-state index in [9.17, 15) is 18.3 Å². The Morgan fingerprint density at radius 1 is 1.09 bits per heavy atom. The van der Waals surface area contributed by atoms with Crippen LogP contribution in [0.4, 0.5) is 5.69 Å². The fraction of sp³-hybridized carbons (Fsp3) is 0.447. The number of ether oxygens (including phenoxy) is 1. The van der Waals surface area contributed by atoms with Gasteiger partial charge >= 0.3 is 0 Å². The summed E-state index contributed by atoms with van der Waals surface area (Å²) in [4.78, 5) is 16.1. The average Bonchev–Trinajstić information content (AvgIpc) is 3.18. The molecule has 248 valence electrons. The van der Waals surface area contributed by atoms with Crippen molar-refractivity contribution in [2.24, 2.45) is 17.8 Å². The number of anilines is 1. The molecular weight excluding hydrogens is 632 g/mol. The molecular formula is C38H43ClN2O5S. The van der Waals surface area contributed by atoms with Gasteiger partial charge in [-0.15, -0.1) is 0 Å². The Hall–Kier alpha value is -3.33. The van der Waals surface area contributed by atoms with Gasteiger partial charge in [0.2, 0.25) is 10.0 Å². The van der Waals surface area contributed by atoms with Crippen molar-refractivity contribution in [1.29, 1.82) is 0 Å². The van der Waals surface area contributed by atoms with Crippen molar-refractivity contribution < 1.29 is 23.1 Å². The third kappa shape index (κ3) is 6.44. The zero-order valence-corrected chi connectivity index (χ0v) is 28.3. The second-order valence-electron chi connectivity index (χ2n) is 14.1. The van der Waals surface area contributed by atoms with Crippen LogP contribution in [0.15, 0.2) is 78.9 Å². The van der Waals surface area contributed by atoms with Crippen molar-refractivity contribution in [3.63, 3.8) is 0 Å². The molecule has 1 amide bonds. The summed E-state index contributed by atoms with van der Waals surface area (Å²) in [5.74, 6) is 0.102. The Bertz CT molecular complexity index is 1780. The van der Waals surface area contributed by atoms with Crippen molar-refractivity contribution in [1.82, 2.24) is 4.72 Å². The molecule has 7 rings (SSSR count). The molecule has 2 heterocycles. The summed E-state index contributed by atoms with van der Waals surface area (Å²) in [5.41, 5.74) is 4.17. The summed E-state index contributed by atoms with van der Waals surface area (Å²) < 4.78 is 36.9. The lowest BCUT2D eigenvalue weighted by atomic mass is 9.68. The summed E-state index contributed by atoms with van der Waals surface area (Å²) >= 11 is 6.42. The highest BCUT2D eigenvalue weighted by Crippen LogP contribution is 2.46. The highest BCUT2D eigenvalue weighted by atomic mass is 35.5. The third-order valence-corrected chi connectivity index (χ3v) is 13.2. The molecule has 0 aromatic heterocycles. The van der Waals surface area contributed by atoms with Crippen molar-refractivity contribution in [3.8, 4) is 5.75 Å². The van der Waals surface area contributed by atoms with Gasteiger partial charge in [0.25, 0.3) is 5.91 Å². The van der Waals surface area contributed by atoms with E-state index in [1.165, 1.54) is 11.1 Å². The lowest BCUT2D eigenvalue weighted by molar-refractivity contribution is 0.0456. The Morgan fingerprint density at radius 2 is 1.91 bits per heavy atom. The predicted octanol–water partition coefficient (Wildman–Crippen LogP) is 6.47. The van der Waals surface area contributed by atoms with Crippen LogP contribution in [-0.4, -0.2) is 50.5 Å². The molecule has 0 radical (unpaired) electrons. The van der Waals surface area contributed by atoms with E-state index in [1.54, 1.807) is 18.2 Å². The molecule has 2 N–H and O–H groups in total. The Labute approximate surface area is 283 Å². The fourth-order valence-corrected chi connectivity index (χ4v) is 10.1. The molecule has 1 saturated carbocycles. The van der Waals surface area contributed by atoms with E-state index in [4.69, 9.17) is 16.3 Å². The number of nitrogens with one attached hydrogen (secondary N) is 1. The number of allylic oxidation sites excluding steroid dienone is 1. The Balaban J connectivity index is 1.28. The van der Waals surface area contributed by atoms with E-state index in [2.05, 4.69) is 21.8 Å². The number of hydrogen-bond donors (Lipinski definition) is 2. The van der Waals surface area contributed by atoms with E-state index < -0.39 is 27.3 Å². The lowest BCUT2D eigenvalue weighted by Crippen LogP contribution is -2.49. The minimum atomic E-state index is -4.07. The molecule has 7 nitrogen and oxygen atoms in total. The van der Waals surface area contributed by atoms with Crippen LogP contribution < -0.4 is 14.4 Å². The molecule has 1 unspecified atom stereocenters. The van der Waals surface area contributed by atoms with E-state index in [0.717, 1.165) is 48.4 Å². The van der Waals surface area contributed by atoms with Gasteiger partial charge < -0.3 is 14.7 Å². The van der Waals surface area contributed by atoms with Crippen molar-refractivity contribution in [2.45, 2.75) is 68.6 Å². The summed E-state index contributed by atoms with van der Waals surface area (Å²) in [6, 6.07) is 20.9. The number of rotatable bonds is 2. The second-order valence-corrected chi connectivity index (χ2v) is 16.5. The van der Waals surface area contributed by atoms with E-state index in [1.807, 2.05) is 55.5 Å². The smallest absolute Gasteiger partial charge is 0.264 e. The van der Waals surface area contributed by atoms with Crippen LogP contribution in [0.5, 0.6) is 5.75 Å². The van der Waals surface area contributed by atoms with Crippen LogP contribution in [0, 0.1) is 17.8 Å². The van der Waals surface area contributed by atoms with E-state index >= 15 is 0 Å². The van der Waals surface area contributed by atoms with Gasteiger partial charge in [-0.2, -0.15) is 0 Å². The quantitative estimate of drug-likeness (QED) is 0.303. The molecule has 2 aliphatic carbocycles. The van der Waals surface area contributed by atoms with Crippen LogP contribution in [0.2, 0.25) is 5.02 Å². The topological polar surface area (TPSA) is 95.9 Å².